The number of nitrogens with zero attached hydrogens (tertiary/aromatic N) is 2. The van der Waals surface area contributed by atoms with Gasteiger partial charge in [0.05, 0.1) is 0 Å². The maximum Gasteiger partial charge on any atom is 0.274 e. The molecule has 102 valence electrons. The van der Waals surface area contributed by atoms with Crippen molar-refractivity contribution < 1.29 is 4.79 Å². The number of benzene rings is 1. The second-order valence-corrected chi connectivity index (χ2v) is 5.12. The molecule has 1 N–H and O–H groups in total. The van der Waals surface area contributed by atoms with Crippen LogP contribution in [0.1, 0.15) is 40.2 Å². The molecule has 4 heteroatoms. The van der Waals surface area contributed by atoms with E-state index in [2.05, 4.69) is 15.3 Å². The van der Waals surface area contributed by atoms with Crippen LogP contribution in [0.2, 0.25) is 0 Å². The van der Waals surface area contributed by atoms with Crippen LogP contribution in [0, 0.1) is 6.92 Å². The third-order valence-electron chi connectivity index (χ3n) is 3.73. The Hall–Kier alpha value is -2.23. The summed E-state index contributed by atoms with van der Waals surface area (Å²) in [5.74, 6) is -0.139. The van der Waals surface area contributed by atoms with E-state index >= 15 is 0 Å². The van der Waals surface area contributed by atoms with Crippen molar-refractivity contribution in [3.8, 4) is 0 Å². The first-order valence-corrected chi connectivity index (χ1v) is 6.95. The summed E-state index contributed by atoms with van der Waals surface area (Å²) in [6, 6.07) is 7.75. The topological polar surface area (TPSA) is 54.9 Å². The molecule has 0 aliphatic heterocycles. The number of carbonyl (C=O) groups is 1. The highest BCUT2D eigenvalue weighted by Gasteiger charge is 2.20. The van der Waals surface area contributed by atoms with Crippen molar-refractivity contribution >= 4 is 11.6 Å². The highest BCUT2D eigenvalue weighted by molar-refractivity contribution is 6.04. The molecule has 1 amide bonds. The van der Waals surface area contributed by atoms with E-state index in [-0.39, 0.29) is 5.91 Å². The Balaban J connectivity index is 1.90. The summed E-state index contributed by atoms with van der Waals surface area (Å²) in [6.07, 6.45) is 5.58. The zero-order chi connectivity index (χ0) is 13.9. The number of hydrogen-bond acceptors (Lipinski definition) is 3. The van der Waals surface area contributed by atoms with Crippen LogP contribution in [0.3, 0.4) is 0 Å². The summed E-state index contributed by atoms with van der Waals surface area (Å²) in [5, 5.41) is 2.95. The van der Waals surface area contributed by atoms with Crippen LogP contribution in [0.5, 0.6) is 0 Å². The van der Waals surface area contributed by atoms with Gasteiger partial charge in [0.15, 0.2) is 0 Å². The minimum absolute atomic E-state index is 0.139. The molecule has 0 bridgehead atoms. The fourth-order valence-electron chi connectivity index (χ4n) is 2.61. The van der Waals surface area contributed by atoms with Gasteiger partial charge in [-0.1, -0.05) is 18.2 Å². The Morgan fingerprint density at radius 3 is 2.80 bits per heavy atom. The van der Waals surface area contributed by atoms with Crippen molar-refractivity contribution in [2.75, 3.05) is 5.32 Å². The predicted octanol–water partition coefficient (Wildman–Crippen LogP) is 2.92. The quantitative estimate of drug-likeness (QED) is 0.910. The van der Waals surface area contributed by atoms with E-state index in [1.807, 2.05) is 31.2 Å². The van der Waals surface area contributed by atoms with Gasteiger partial charge in [0, 0.05) is 16.9 Å². The average molecular weight is 267 g/mol. The van der Waals surface area contributed by atoms with Gasteiger partial charge in [-0.15, -0.1) is 0 Å². The lowest BCUT2D eigenvalue weighted by Crippen LogP contribution is -2.20. The lowest BCUT2D eigenvalue weighted by molar-refractivity contribution is 0.102. The van der Waals surface area contributed by atoms with Gasteiger partial charge < -0.3 is 5.32 Å². The smallest absolute Gasteiger partial charge is 0.274 e. The molecule has 0 fully saturated rings. The van der Waals surface area contributed by atoms with E-state index in [9.17, 15) is 4.79 Å². The average Bonchev–Trinajstić information content (AvgIpc) is 2.49. The Kier molecular flexibility index (Phi) is 3.46. The summed E-state index contributed by atoms with van der Waals surface area (Å²) in [5.41, 5.74) is 4.45. The first-order valence-electron chi connectivity index (χ1n) is 6.95. The number of hydrogen-bond donors (Lipinski definition) is 1. The standard InChI is InChI=1S/C16H17N3O/c1-11-6-2-4-8-13(11)19-16(20)15-12-7-3-5-9-14(12)17-10-18-15/h2,4,6,8,10H,3,5,7,9H2,1H3,(H,19,20). The summed E-state index contributed by atoms with van der Waals surface area (Å²) < 4.78 is 0. The van der Waals surface area contributed by atoms with Crippen LogP contribution in [0.4, 0.5) is 5.69 Å². The molecular formula is C16H17N3O. The first-order chi connectivity index (χ1) is 9.75. The summed E-state index contributed by atoms with van der Waals surface area (Å²) in [7, 11) is 0. The molecule has 0 saturated heterocycles. The molecule has 20 heavy (non-hydrogen) atoms. The Morgan fingerprint density at radius 1 is 1.15 bits per heavy atom. The molecule has 1 aliphatic rings. The van der Waals surface area contributed by atoms with Crippen molar-refractivity contribution in [1.29, 1.82) is 0 Å². The zero-order valence-electron chi connectivity index (χ0n) is 11.5. The molecule has 1 heterocycles. The van der Waals surface area contributed by atoms with Crippen LogP contribution in [-0.4, -0.2) is 15.9 Å². The highest BCUT2D eigenvalue weighted by atomic mass is 16.1. The van der Waals surface area contributed by atoms with Crippen molar-refractivity contribution in [2.45, 2.75) is 32.6 Å². The van der Waals surface area contributed by atoms with Gasteiger partial charge >= 0.3 is 0 Å². The van der Waals surface area contributed by atoms with Crippen LogP contribution in [0.15, 0.2) is 30.6 Å². The maximum atomic E-state index is 12.4. The van der Waals surface area contributed by atoms with Gasteiger partial charge in [-0.25, -0.2) is 9.97 Å². The fraction of sp³-hybridized carbons (Fsp3) is 0.312. The lowest BCUT2D eigenvalue weighted by Gasteiger charge is -2.17. The largest absolute Gasteiger partial charge is 0.320 e. The molecule has 0 unspecified atom stereocenters. The SMILES string of the molecule is Cc1ccccc1NC(=O)c1ncnc2c1CCCC2. The van der Waals surface area contributed by atoms with E-state index < -0.39 is 0 Å². The van der Waals surface area contributed by atoms with Crippen LogP contribution in [-0.2, 0) is 12.8 Å². The minimum atomic E-state index is -0.139. The second-order valence-electron chi connectivity index (χ2n) is 5.12. The third kappa shape index (κ3) is 2.41. The van der Waals surface area contributed by atoms with Gasteiger partial charge in [0.1, 0.15) is 12.0 Å². The molecule has 0 atom stereocenters. The fourth-order valence-corrected chi connectivity index (χ4v) is 2.61. The van der Waals surface area contributed by atoms with Crippen molar-refractivity contribution in [3.05, 3.63) is 53.1 Å². The second kappa shape index (κ2) is 5.41. The summed E-state index contributed by atoms with van der Waals surface area (Å²) >= 11 is 0. The molecule has 0 radical (unpaired) electrons. The number of anilines is 1. The number of nitrogens with one attached hydrogen (secondary N) is 1. The van der Waals surface area contributed by atoms with Gasteiger partial charge in [-0.05, 0) is 44.2 Å². The van der Waals surface area contributed by atoms with Gasteiger partial charge in [0.2, 0.25) is 0 Å². The molecule has 4 nitrogen and oxygen atoms in total. The minimum Gasteiger partial charge on any atom is -0.320 e. The number of rotatable bonds is 2. The third-order valence-corrected chi connectivity index (χ3v) is 3.73. The van der Waals surface area contributed by atoms with Gasteiger partial charge in [-0.3, -0.25) is 4.79 Å². The Morgan fingerprint density at radius 2 is 1.95 bits per heavy atom. The van der Waals surface area contributed by atoms with Crippen LogP contribution < -0.4 is 5.32 Å². The molecule has 1 aromatic heterocycles. The Bertz CT molecular complexity index is 652. The number of aryl methyl sites for hydroxylation is 2. The lowest BCUT2D eigenvalue weighted by atomic mass is 9.94. The molecule has 3 rings (SSSR count). The zero-order valence-corrected chi connectivity index (χ0v) is 11.5. The van der Waals surface area contributed by atoms with E-state index in [1.165, 1.54) is 6.33 Å². The van der Waals surface area contributed by atoms with E-state index in [0.29, 0.717) is 5.69 Å². The first kappa shape index (κ1) is 12.8. The molecular weight excluding hydrogens is 250 g/mol. The van der Waals surface area contributed by atoms with Gasteiger partial charge in [0.25, 0.3) is 5.91 Å². The number of amides is 1. The normalized spacial score (nSPS) is 13.7. The predicted molar refractivity (Wildman–Crippen MR) is 77.8 cm³/mol. The monoisotopic (exact) mass is 267 g/mol. The summed E-state index contributed by atoms with van der Waals surface area (Å²) in [4.78, 5) is 20.9. The van der Waals surface area contributed by atoms with Crippen molar-refractivity contribution in [3.63, 3.8) is 0 Å². The molecule has 1 aliphatic carbocycles. The molecule has 2 aromatic rings. The molecule has 1 aromatic carbocycles. The van der Waals surface area contributed by atoms with E-state index in [1.54, 1.807) is 0 Å². The van der Waals surface area contributed by atoms with Gasteiger partial charge in [-0.2, -0.15) is 0 Å². The molecule has 0 saturated carbocycles. The number of aromatic nitrogens is 2. The number of para-hydroxylation sites is 1. The Labute approximate surface area is 118 Å². The number of fused-ring (bicyclic) bond motifs is 1. The van der Waals surface area contributed by atoms with Crippen LogP contribution >= 0.6 is 0 Å². The molecule has 0 spiro atoms. The van der Waals surface area contributed by atoms with Crippen LogP contribution in [0.25, 0.3) is 0 Å². The van der Waals surface area contributed by atoms with Crippen molar-refractivity contribution in [2.24, 2.45) is 0 Å². The number of carbonyl (C=O) groups excluding carboxylic acids is 1. The summed E-state index contributed by atoms with van der Waals surface area (Å²) in [6.45, 7) is 1.98. The maximum absolute atomic E-state index is 12.4. The van der Waals surface area contributed by atoms with E-state index in [0.717, 1.165) is 48.2 Å². The van der Waals surface area contributed by atoms with E-state index in [4.69, 9.17) is 0 Å². The van der Waals surface area contributed by atoms with Crippen molar-refractivity contribution in [1.82, 2.24) is 9.97 Å². The highest BCUT2D eigenvalue weighted by Crippen LogP contribution is 2.22.